The van der Waals surface area contributed by atoms with Gasteiger partial charge in [-0.2, -0.15) is 0 Å². The molecule has 0 radical (unpaired) electrons. The Kier molecular flexibility index (Phi) is 3.55. The molecule has 1 N–H and O–H groups in total. The average Bonchev–Trinajstić information content (AvgIpc) is 2.93. The van der Waals surface area contributed by atoms with Gasteiger partial charge in [0.25, 0.3) is 0 Å². The van der Waals surface area contributed by atoms with Crippen LogP contribution in [0.4, 0.5) is 0 Å². The van der Waals surface area contributed by atoms with Crippen LogP contribution in [0.1, 0.15) is 44.6 Å². The Balaban J connectivity index is 1.89. The van der Waals surface area contributed by atoms with E-state index in [9.17, 15) is 4.79 Å². The van der Waals surface area contributed by atoms with Gasteiger partial charge in [-0.1, -0.05) is 25.3 Å². The maximum absolute atomic E-state index is 11.3. The molecule has 0 unspecified atom stereocenters. The maximum atomic E-state index is 11.3. The topological polar surface area (TPSA) is 47.6 Å². The van der Waals surface area contributed by atoms with Crippen molar-refractivity contribution in [2.24, 2.45) is 0 Å². The number of amides is 1. The fourth-order valence-corrected chi connectivity index (χ4v) is 3.32. The minimum atomic E-state index is 0.0377. The van der Waals surface area contributed by atoms with Crippen molar-refractivity contribution in [3.05, 3.63) is 23.8 Å². The fraction of sp³-hybridized carbons (Fsp3) is 0.562. The molecule has 1 aromatic carbocycles. The van der Waals surface area contributed by atoms with Crippen LogP contribution in [0.25, 0.3) is 0 Å². The van der Waals surface area contributed by atoms with Crippen molar-refractivity contribution in [3.8, 4) is 11.5 Å². The van der Waals surface area contributed by atoms with E-state index in [1.54, 1.807) is 6.92 Å². The zero-order valence-corrected chi connectivity index (χ0v) is 11.9. The van der Waals surface area contributed by atoms with Gasteiger partial charge in [0.2, 0.25) is 12.7 Å². The predicted molar refractivity (Wildman–Crippen MR) is 76.0 cm³/mol. The zero-order chi connectivity index (χ0) is 14.0. The number of benzene rings is 1. The Labute approximate surface area is 119 Å². The highest BCUT2D eigenvalue weighted by Gasteiger charge is 2.35. The van der Waals surface area contributed by atoms with E-state index in [1.165, 1.54) is 24.8 Å². The number of fused-ring (bicyclic) bond motifs is 1. The summed E-state index contributed by atoms with van der Waals surface area (Å²) >= 11 is 0. The van der Waals surface area contributed by atoms with Gasteiger partial charge in [0.15, 0.2) is 11.5 Å². The molecule has 2 aliphatic rings. The van der Waals surface area contributed by atoms with Gasteiger partial charge in [0, 0.05) is 18.9 Å². The van der Waals surface area contributed by atoms with E-state index in [0.29, 0.717) is 13.3 Å². The fourth-order valence-electron chi connectivity index (χ4n) is 3.32. The zero-order valence-electron chi connectivity index (χ0n) is 11.9. The molecular weight excluding hydrogens is 254 g/mol. The molecule has 1 aliphatic carbocycles. The Morgan fingerprint density at radius 1 is 1.20 bits per heavy atom. The van der Waals surface area contributed by atoms with Crippen LogP contribution in [0.5, 0.6) is 11.5 Å². The second-order valence-electron chi connectivity index (χ2n) is 5.82. The first kappa shape index (κ1) is 13.3. The van der Waals surface area contributed by atoms with Crippen LogP contribution in [0.2, 0.25) is 0 Å². The molecule has 1 amide bonds. The van der Waals surface area contributed by atoms with Crippen LogP contribution in [0.3, 0.4) is 0 Å². The maximum Gasteiger partial charge on any atom is 0.231 e. The van der Waals surface area contributed by atoms with E-state index < -0.39 is 0 Å². The highest BCUT2D eigenvalue weighted by Crippen LogP contribution is 2.43. The summed E-state index contributed by atoms with van der Waals surface area (Å²) < 4.78 is 10.9. The molecule has 0 atom stereocenters. The van der Waals surface area contributed by atoms with Crippen molar-refractivity contribution >= 4 is 5.91 Å². The van der Waals surface area contributed by atoms with Crippen molar-refractivity contribution < 1.29 is 14.3 Å². The van der Waals surface area contributed by atoms with E-state index in [1.807, 2.05) is 6.07 Å². The van der Waals surface area contributed by atoms with Crippen LogP contribution in [-0.4, -0.2) is 19.2 Å². The van der Waals surface area contributed by atoms with Crippen molar-refractivity contribution in [2.45, 2.75) is 44.4 Å². The van der Waals surface area contributed by atoms with Crippen molar-refractivity contribution in [1.82, 2.24) is 5.32 Å². The van der Waals surface area contributed by atoms with Crippen LogP contribution in [0.15, 0.2) is 18.2 Å². The van der Waals surface area contributed by atoms with E-state index in [-0.39, 0.29) is 11.3 Å². The monoisotopic (exact) mass is 275 g/mol. The Morgan fingerprint density at radius 2 is 1.95 bits per heavy atom. The van der Waals surface area contributed by atoms with Gasteiger partial charge in [0.05, 0.1) is 0 Å². The number of carbonyl (C=O) groups is 1. The molecule has 0 aromatic heterocycles. The number of carbonyl (C=O) groups excluding carboxylic acids is 1. The summed E-state index contributed by atoms with van der Waals surface area (Å²) in [5.41, 5.74) is 1.31. The standard InChI is InChI=1S/C16H21NO3/c1-12(18)17-10-16(7-3-2-4-8-16)13-5-6-14-15(9-13)20-11-19-14/h5-6,9H,2-4,7-8,10-11H2,1H3,(H,17,18). The van der Waals surface area contributed by atoms with Gasteiger partial charge < -0.3 is 14.8 Å². The second-order valence-corrected chi connectivity index (χ2v) is 5.82. The lowest BCUT2D eigenvalue weighted by molar-refractivity contribution is -0.119. The van der Waals surface area contributed by atoms with E-state index in [4.69, 9.17) is 9.47 Å². The largest absolute Gasteiger partial charge is 0.454 e. The van der Waals surface area contributed by atoms with Crippen LogP contribution < -0.4 is 14.8 Å². The molecule has 0 bridgehead atoms. The van der Waals surface area contributed by atoms with Gasteiger partial charge in [-0.25, -0.2) is 0 Å². The highest BCUT2D eigenvalue weighted by molar-refractivity contribution is 5.73. The molecule has 4 nitrogen and oxygen atoms in total. The van der Waals surface area contributed by atoms with Crippen LogP contribution in [-0.2, 0) is 10.2 Å². The number of hydrogen-bond donors (Lipinski definition) is 1. The van der Waals surface area contributed by atoms with Crippen LogP contribution in [0, 0.1) is 0 Å². The average molecular weight is 275 g/mol. The molecule has 108 valence electrons. The third kappa shape index (κ3) is 2.47. The molecule has 4 heteroatoms. The summed E-state index contributed by atoms with van der Waals surface area (Å²) in [5.74, 6) is 1.69. The number of ether oxygens (including phenoxy) is 2. The Bertz CT molecular complexity index is 506. The van der Waals surface area contributed by atoms with Crippen molar-refractivity contribution in [2.75, 3.05) is 13.3 Å². The van der Waals surface area contributed by atoms with Gasteiger partial charge in [-0.3, -0.25) is 4.79 Å². The highest BCUT2D eigenvalue weighted by atomic mass is 16.7. The lowest BCUT2D eigenvalue weighted by Gasteiger charge is -2.38. The first-order valence-electron chi connectivity index (χ1n) is 7.34. The van der Waals surface area contributed by atoms with E-state index in [2.05, 4.69) is 17.4 Å². The number of hydrogen-bond acceptors (Lipinski definition) is 3. The van der Waals surface area contributed by atoms with Gasteiger partial charge in [-0.05, 0) is 30.5 Å². The van der Waals surface area contributed by atoms with E-state index >= 15 is 0 Å². The van der Waals surface area contributed by atoms with E-state index in [0.717, 1.165) is 24.3 Å². The molecule has 1 aromatic rings. The Hall–Kier alpha value is -1.71. The third-order valence-corrected chi connectivity index (χ3v) is 4.47. The normalized spacial score (nSPS) is 19.6. The first-order chi connectivity index (χ1) is 9.70. The lowest BCUT2D eigenvalue weighted by atomic mass is 9.69. The van der Waals surface area contributed by atoms with Crippen LogP contribution >= 0.6 is 0 Å². The molecule has 1 fully saturated rings. The summed E-state index contributed by atoms with van der Waals surface area (Å²) in [4.78, 5) is 11.3. The van der Waals surface area contributed by atoms with Gasteiger partial charge >= 0.3 is 0 Å². The quantitative estimate of drug-likeness (QED) is 0.922. The summed E-state index contributed by atoms with van der Waals surface area (Å²) in [5, 5.41) is 3.01. The Morgan fingerprint density at radius 3 is 2.70 bits per heavy atom. The molecule has 0 saturated heterocycles. The smallest absolute Gasteiger partial charge is 0.231 e. The van der Waals surface area contributed by atoms with Crippen molar-refractivity contribution in [1.29, 1.82) is 0 Å². The minimum Gasteiger partial charge on any atom is -0.454 e. The van der Waals surface area contributed by atoms with Gasteiger partial charge in [0.1, 0.15) is 0 Å². The lowest BCUT2D eigenvalue weighted by Crippen LogP contribution is -2.41. The molecule has 0 spiro atoms. The third-order valence-electron chi connectivity index (χ3n) is 4.47. The van der Waals surface area contributed by atoms with Crippen molar-refractivity contribution in [3.63, 3.8) is 0 Å². The second kappa shape index (κ2) is 5.35. The summed E-state index contributed by atoms with van der Waals surface area (Å²) in [6.45, 7) is 2.59. The number of nitrogens with one attached hydrogen (secondary N) is 1. The first-order valence-corrected chi connectivity index (χ1v) is 7.34. The number of rotatable bonds is 3. The SMILES string of the molecule is CC(=O)NCC1(c2ccc3c(c2)OCO3)CCCCC1. The summed E-state index contributed by atoms with van der Waals surface area (Å²) in [6, 6.07) is 6.21. The molecule has 1 heterocycles. The molecule has 1 aliphatic heterocycles. The molecular formula is C16H21NO3. The van der Waals surface area contributed by atoms with Gasteiger partial charge in [-0.15, -0.1) is 0 Å². The minimum absolute atomic E-state index is 0.0377. The molecule has 20 heavy (non-hydrogen) atoms. The summed E-state index contributed by atoms with van der Waals surface area (Å²) in [6.07, 6.45) is 5.95. The predicted octanol–water partition coefficient (Wildman–Crippen LogP) is 2.75. The summed E-state index contributed by atoms with van der Waals surface area (Å²) in [7, 11) is 0. The molecule has 3 rings (SSSR count). The molecule has 1 saturated carbocycles.